The predicted octanol–water partition coefficient (Wildman–Crippen LogP) is 3.09. The van der Waals surface area contributed by atoms with Gasteiger partial charge in [0.05, 0.1) is 11.8 Å². The highest BCUT2D eigenvalue weighted by Gasteiger charge is 2.21. The Morgan fingerprint density at radius 2 is 2.15 bits per heavy atom. The van der Waals surface area contributed by atoms with Gasteiger partial charge in [-0.25, -0.2) is 4.98 Å². The van der Waals surface area contributed by atoms with Crippen LogP contribution in [0.1, 0.15) is 27.9 Å². The number of aliphatic hydroxyl groups is 1. The number of aromatic nitrogens is 1. The molecule has 140 valence electrons. The minimum absolute atomic E-state index is 0.174. The highest BCUT2D eigenvalue weighted by Crippen LogP contribution is 2.37. The number of thiophene rings is 1. The van der Waals surface area contributed by atoms with Crippen molar-refractivity contribution < 1.29 is 19.4 Å². The van der Waals surface area contributed by atoms with E-state index in [1.165, 1.54) is 11.3 Å². The van der Waals surface area contributed by atoms with Gasteiger partial charge in [0.1, 0.15) is 9.71 Å². The lowest BCUT2D eigenvalue weighted by molar-refractivity contribution is 0.103. The van der Waals surface area contributed by atoms with Gasteiger partial charge in [0.2, 0.25) is 6.79 Å². The van der Waals surface area contributed by atoms with E-state index in [0.717, 1.165) is 16.6 Å². The summed E-state index contributed by atoms with van der Waals surface area (Å²) in [7, 11) is 0. The lowest BCUT2D eigenvalue weighted by Gasteiger charge is -2.08. The van der Waals surface area contributed by atoms with E-state index in [4.69, 9.17) is 15.2 Å². The summed E-state index contributed by atoms with van der Waals surface area (Å²) >= 11 is 1.25. The number of hydrogen-bond acceptors (Lipinski definition) is 7. The standard InChI is InChI=1S/C19H19N3O4S/c1-9-5-11(6-10(2)23)15-16(20)17(27-19(15)21-9)18(24)22-12-3-4-13-14(7-12)26-8-25-13/h3-5,7,10,23H,6,8,20H2,1-2H3,(H,22,24). The highest BCUT2D eigenvalue weighted by molar-refractivity contribution is 7.21. The third kappa shape index (κ3) is 3.29. The van der Waals surface area contributed by atoms with Crippen LogP contribution in [0.3, 0.4) is 0 Å². The van der Waals surface area contributed by atoms with Gasteiger partial charge in [0.25, 0.3) is 5.91 Å². The SMILES string of the molecule is Cc1cc(CC(C)O)c2c(N)c(C(=O)Nc3ccc4c(c3)OCO4)sc2n1. The van der Waals surface area contributed by atoms with Gasteiger partial charge in [0.15, 0.2) is 11.5 Å². The lowest BCUT2D eigenvalue weighted by Crippen LogP contribution is -2.12. The zero-order valence-corrected chi connectivity index (χ0v) is 15.7. The van der Waals surface area contributed by atoms with E-state index in [1.54, 1.807) is 25.1 Å². The van der Waals surface area contributed by atoms with Crippen LogP contribution in [0.5, 0.6) is 11.5 Å². The first-order valence-corrected chi connectivity index (χ1v) is 9.31. The largest absolute Gasteiger partial charge is 0.454 e. The fourth-order valence-corrected chi connectivity index (χ4v) is 4.23. The summed E-state index contributed by atoms with van der Waals surface area (Å²) in [5.74, 6) is 0.931. The molecule has 0 saturated carbocycles. The summed E-state index contributed by atoms with van der Waals surface area (Å²) in [6, 6.07) is 7.11. The molecule has 0 saturated heterocycles. The Labute approximate surface area is 159 Å². The number of nitrogens with two attached hydrogens (primary N) is 1. The Bertz CT molecular complexity index is 1050. The Hall–Kier alpha value is -2.84. The van der Waals surface area contributed by atoms with Gasteiger partial charge in [-0.3, -0.25) is 4.79 Å². The molecular formula is C19H19N3O4S. The number of pyridine rings is 1. The van der Waals surface area contributed by atoms with Crippen molar-refractivity contribution in [1.82, 2.24) is 4.98 Å². The maximum Gasteiger partial charge on any atom is 0.267 e. The zero-order chi connectivity index (χ0) is 19.1. The van der Waals surface area contributed by atoms with Crippen molar-refractivity contribution in [3.05, 3.63) is 40.4 Å². The number of carbonyl (C=O) groups excluding carboxylic acids is 1. The molecule has 7 nitrogen and oxygen atoms in total. The molecule has 4 N–H and O–H groups in total. The molecule has 1 amide bonds. The van der Waals surface area contributed by atoms with Crippen molar-refractivity contribution in [2.75, 3.05) is 17.8 Å². The van der Waals surface area contributed by atoms with Crippen molar-refractivity contribution >= 4 is 38.8 Å². The molecule has 2 aromatic heterocycles. The van der Waals surface area contributed by atoms with Crippen molar-refractivity contribution in [3.63, 3.8) is 0 Å². The van der Waals surface area contributed by atoms with E-state index in [0.29, 0.717) is 39.0 Å². The number of aryl methyl sites for hydroxylation is 1. The van der Waals surface area contributed by atoms with Crippen LogP contribution in [0.25, 0.3) is 10.2 Å². The number of fused-ring (bicyclic) bond motifs is 2. The van der Waals surface area contributed by atoms with Gasteiger partial charge in [-0.2, -0.15) is 0 Å². The second-order valence-electron chi connectivity index (χ2n) is 6.52. The number of aliphatic hydroxyl groups excluding tert-OH is 1. The summed E-state index contributed by atoms with van der Waals surface area (Å²) in [4.78, 5) is 18.4. The molecule has 8 heteroatoms. The molecule has 1 unspecified atom stereocenters. The van der Waals surface area contributed by atoms with E-state index in [1.807, 2.05) is 13.0 Å². The second kappa shape index (κ2) is 6.71. The molecule has 3 aromatic rings. The second-order valence-corrected chi connectivity index (χ2v) is 7.52. The number of hydrogen-bond donors (Lipinski definition) is 3. The van der Waals surface area contributed by atoms with E-state index in [2.05, 4.69) is 10.3 Å². The first-order valence-electron chi connectivity index (χ1n) is 8.50. The van der Waals surface area contributed by atoms with Gasteiger partial charge in [-0.1, -0.05) is 0 Å². The van der Waals surface area contributed by atoms with Crippen LogP contribution >= 0.6 is 11.3 Å². The number of nitrogens with one attached hydrogen (secondary N) is 1. The van der Waals surface area contributed by atoms with Crippen LogP contribution < -0.4 is 20.5 Å². The van der Waals surface area contributed by atoms with Crippen LogP contribution in [-0.2, 0) is 6.42 Å². The Kier molecular flexibility index (Phi) is 4.37. The third-order valence-electron chi connectivity index (χ3n) is 4.26. The molecule has 0 aliphatic carbocycles. The van der Waals surface area contributed by atoms with Crippen LogP contribution in [0.15, 0.2) is 24.3 Å². The normalized spacial score (nSPS) is 13.7. The van der Waals surface area contributed by atoms with Crippen LogP contribution in [-0.4, -0.2) is 28.9 Å². The van der Waals surface area contributed by atoms with E-state index in [-0.39, 0.29) is 12.7 Å². The van der Waals surface area contributed by atoms with Gasteiger partial charge in [-0.15, -0.1) is 11.3 Å². The molecule has 0 radical (unpaired) electrons. The molecule has 1 aliphatic rings. The Morgan fingerprint density at radius 3 is 2.93 bits per heavy atom. The monoisotopic (exact) mass is 385 g/mol. The predicted molar refractivity (Wildman–Crippen MR) is 105 cm³/mol. The summed E-state index contributed by atoms with van der Waals surface area (Å²) < 4.78 is 10.6. The highest BCUT2D eigenvalue weighted by atomic mass is 32.1. The number of carbonyl (C=O) groups is 1. The quantitative estimate of drug-likeness (QED) is 0.637. The summed E-state index contributed by atoms with van der Waals surface area (Å²) in [5.41, 5.74) is 8.98. The molecule has 1 aromatic carbocycles. The number of nitrogens with zero attached hydrogens (tertiary/aromatic N) is 1. The van der Waals surface area contributed by atoms with Crippen LogP contribution in [0, 0.1) is 6.92 Å². The fourth-order valence-electron chi connectivity index (χ4n) is 3.15. The van der Waals surface area contributed by atoms with Crippen molar-refractivity contribution in [1.29, 1.82) is 0 Å². The third-order valence-corrected chi connectivity index (χ3v) is 5.36. The number of anilines is 2. The summed E-state index contributed by atoms with van der Waals surface area (Å²) in [6.45, 7) is 3.78. The lowest BCUT2D eigenvalue weighted by atomic mass is 10.0. The number of amides is 1. The van der Waals surface area contributed by atoms with E-state index < -0.39 is 6.10 Å². The molecule has 1 atom stereocenters. The molecule has 27 heavy (non-hydrogen) atoms. The van der Waals surface area contributed by atoms with Gasteiger partial charge < -0.3 is 25.6 Å². The van der Waals surface area contributed by atoms with Crippen molar-refractivity contribution in [3.8, 4) is 11.5 Å². The van der Waals surface area contributed by atoms with Gasteiger partial charge >= 0.3 is 0 Å². The molecule has 1 aliphatic heterocycles. The maximum absolute atomic E-state index is 12.8. The van der Waals surface area contributed by atoms with Crippen molar-refractivity contribution in [2.24, 2.45) is 0 Å². The molecule has 0 fully saturated rings. The first kappa shape index (κ1) is 17.6. The molecule has 4 rings (SSSR count). The van der Waals surface area contributed by atoms with E-state index in [9.17, 15) is 9.90 Å². The first-order chi connectivity index (χ1) is 12.9. The van der Waals surface area contributed by atoms with E-state index >= 15 is 0 Å². The average Bonchev–Trinajstić information content (AvgIpc) is 3.18. The number of benzene rings is 1. The minimum atomic E-state index is -0.514. The molecule has 0 spiro atoms. The summed E-state index contributed by atoms with van der Waals surface area (Å²) in [5, 5.41) is 13.4. The number of rotatable bonds is 4. The Morgan fingerprint density at radius 1 is 1.37 bits per heavy atom. The van der Waals surface area contributed by atoms with Gasteiger partial charge in [0, 0.05) is 22.8 Å². The van der Waals surface area contributed by atoms with Gasteiger partial charge in [-0.05, 0) is 44.0 Å². The van der Waals surface area contributed by atoms with Crippen LogP contribution in [0.2, 0.25) is 0 Å². The number of ether oxygens (including phenoxy) is 2. The topological polar surface area (TPSA) is 107 Å². The van der Waals surface area contributed by atoms with Crippen molar-refractivity contribution in [2.45, 2.75) is 26.4 Å². The average molecular weight is 385 g/mol. The minimum Gasteiger partial charge on any atom is -0.454 e. The molecule has 0 bridgehead atoms. The molecular weight excluding hydrogens is 366 g/mol. The zero-order valence-electron chi connectivity index (χ0n) is 14.9. The maximum atomic E-state index is 12.8. The van der Waals surface area contributed by atoms with Crippen LogP contribution in [0.4, 0.5) is 11.4 Å². The smallest absolute Gasteiger partial charge is 0.267 e. The summed E-state index contributed by atoms with van der Waals surface area (Å²) in [6.07, 6.45) is -0.0653. The fraction of sp³-hybridized carbons (Fsp3) is 0.263. The molecule has 3 heterocycles. The Balaban J connectivity index is 1.69. The number of nitrogen functional groups attached to an aromatic ring is 1.